The fourth-order valence-corrected chi connectivity index (χ4v) is 2.24. The van der Waals surface area contributed by atoms with E-state index in [9.17, 15) is 4.79 Å². The Labute approximate surface area is 78.3 Å². The van der Waals surface area contributed by atoms with E-state index in [1.807, 2.05) is 0 Å². The highest BCUT2D eigenvalue weighted by Crippen LogP contribution is 2.33. The van der Waals surface area contributed by atoms with Crippen molar-refractivity contribution >= 4 is 18.4 Å². The summed E-state index contributed by atoms with van der Waals surface area (Å²) in [5.74, 6) is 0.100. The first-order valence-electron chi connectivity index (χ1n) is 4.15. The Bertz CT molecular complexity index is 186. The highest BCUT2D eigenvalue weighted by atomic mass is 35.5. The number of fused-ring (bicyclic) bond motifs is 2. The first-order valence-corrected chi connectivity index (χ1v) is 4.15. The van der Waals surface area contributed by atoms with Gasteiger partial charge >= 0.3 is 5.97 Å². The zero-order valence-corrected chi connectivity index (χ0v) is 7.89. The molecule has 3 nitrogen and oxygen atoms in total. The predicted octanol–water partition coefficient (Wildman–Crippen LogP) is 0.722. The van der Waals surface area contributed by atoms with Crippen LogP contribution in [0, 0.1) is 5.92 Å². The third-order valence-electron chi connectivity index (χ3n) is 2.80. The number of nitrogens with one attached hydrogen (secondary N) is 1. The van der Waals surface area contributed by atoms with Crippen molar-refractivity contribution in [2.45, 2.75) is 31.3 Å². The van der Waals surface area contributed by atoms with Gasteiger partial charge in [0.25, 0.3) is 0 Å². The van der Waals surface area contributed by atoms with E-state index < -0.39 is 0 Å². The van der Waals surface area contributed by atoms with Gasteiger partial charge in [0.15, 0.2) is 0 Å². The number of methoxy groups -OCH3 is 1. The van der Waals surface area contributed by atoms with Gasteiger partial charge in [-0.1, -0.05) is 0 Å². The van der Waals surface area contributed by atoms with Gasteiger partial charge in [0.05, 0.1) is 13.0 Å². The zero-order valence-electron chi connectivity index (χ0n) is 7.08. The molecule has 2 fully saturated rings. The van der Waals surface area contributed by atoms with Gasteiger partial charge in [-0.15, -0.1) is 12.4 Å². The average Bonchev–Trinajstić information content (AvgIpc) is 2.62. The summed E-state index contributed by atoms with van der Waals surface area (Å²) in [5.41, 5.74) is 0. The van der Waals surface area contributed by atoms with Gasteiger partial charge < -0.3 is 10.1 Å². The molecule has 0 saturated carbocycles. The summed E-state index contributed by atoms with van der Waals surface area (Å²) < 4.78 is 4.71. The van der Waals surface area contributed by atoms with Gasteiger partial charge in [-0.25, -0.2) is 0 Å². The van der Waals surface area contributed by atoms with Crippen LogP contribution in [0.3, 0.4) is 0 Å². The Morgan fingerprint density at radius 3 is 2.67 bits per heavy atom. The lowest BCUT2D eigenvalue weighted by atomic mass is 9.89. The van der Waals surface area contributed by atoms with E-state index >= 15 is 0 Å². The number of hydrogen-bond acceptors (Lipinski definition) is 3. The molecule has 1 N–H and O–H groups in total. The molecule has 2 aliphatic heterocycles. The monoisotopic (exact) mass is 191 g/mol. The molecule has 2 rings (SSSR count). The van der Waals surface area contributed by atoms with Crippen molar-refractivity contribution in [1.82, 2.24) is 5.32 Å². The van der Waals surface area contributed by atoms with Crippen LogP contribution in [-0.4, -0.2) is 25.2 Å². The molecule has 2 bridgehead atoms. The second kappa shape index (κ2) is 3.62. The number of rotatable bonds is 1. The van der Waals surface area contributed by atoms with Crippen molar-refractivity contribution in [2.75, 3.05) is 7.11 Å². The molecule has 0 aromatic rings. The maximum Gasteiger partial charge on any atom is 0.310 e. The lowest BCUT2D eigenvalue weighted by Gasteiger charge is -2.16. The van der Waals surface area contributed by atoms with E-state index in [2.05, 4.69) is 5.32 Å². The van der Waals surface area contributed by atoms with Crippen LogP contribution in [0.5, 0.6) is 0 Å². The summed E-state index contributed by atoms with van der Waals surface area (Å²) >= 11 is 0. The van der Waals surface area contributed by atoms with Crippen molar-refractivity contribution in [2.24, 2.45) is 5.92 Å². The van der Waals surface area contributed by atoms with Crippen LogP contribution >= 0.6 is 12.4 Å². The van der Waals surface area contributed by atoms with Crippen LogP contribution in [0.2, 0.25) is 0 Å². The zero-order chi connectivity index (χ0) is 7.84. The maximum atomic E-state index is 11.1. The molecule has 0 radical (unpaired) electrons. The van der Waals surface area contributed by atoms with Crippen LogP contribution in [-0.2, 0) is 9.53 Å². The van der Waals surface area contributed by atoms with Crippen molar-refractivity contribution in [3.05, 3.63) is 0 Å². The molecular weight excluding hydrogens is 178 g/mol. The van der Waals surface area contributed by atoms with Gasteiger partial charge in [-0.3, -0.25) is 4.79 Å². The number of carbonyl (C=O) groups excluding carboxylic acids is 1. The Morgan fingerprint density at radius 2 is 2.25 bits per heavy atom. The highest BCUT2D eigenvalue weighted by molar-refractivity contribution is 5.85. The second-order valence-corrected chi connectivity index (χ2v) is 3.41. The van der Waals surface area contributed by atoms with Gasteiger partial charge in [0, 0.05) is 12.1 Å². The number of carbonyl (C=O) groups is 1. The van der Waals surface area contributed by atoms with E-state index in [0.717, 1.165) is 12.8 Å². The second-order valence-electron chi connectivity index (χ2n) is 3.41. The first kappa shape index (κ1) is 9.81. The van der Waals surface area contributed by atoms with Gasteiger partial charge in [-0.05, 0) is 19.3 Å². The van der Waals surface area contributed by atoms with Crippen LogP contribution in [0.4, 0.5) is 0 Å². The van der Waals surface area contributed by atoms with Crippen LogP contribution < -0.4 is 5.32 Å². The van der Waals surface area contributed by atoms with Crippen LogP contribution in [0.15, 0.2) is 0 Å². The summed E-state index contributed by atoms with van der Waals surface area (Å²) in [5, 5.41) is 3.39. The number of halogens is 1. The normalized spacial score (nSPS) is 37.6. The summed E-state index contributed by atoms with van der Waals surface area (Å²) in [4.78, 5) is 11.1. The molecule has 2 saturated heterocycles. The number of ether oxygens (including phenoxy) is 1. The molecule has 70 valence electrons. The summed E-state index contributed by atoms with van der Waals surface area (Å²) in [6.07, 6.45) is 3.36. The minimum atomic E-state index is -0.0373. The van der Waals surface area contributed by atoms with E-state index in [1.54, 1.807) is 0 Å². The lowest BCUT2D eigenvalue weighted by molar-refractivity contribution is -0.146. The summed E-state index contributed by atoms with van der Waals surface area (Å²) in [6, 6.07) is 0.997. The quantitative estimate of drug-likeness (QED) is 0.621. The van der Waals surface area contributed by atoms with Crippen molar-refractivity contribution in [1.29, 1.82) is 0 Å². The molecule has 4 heteroatoms. The third kappa shape index (κ3) is 1.43. The summed E-state index contributed by atoms with van der Waals surface area (Å²) in [7, 11) is 1.47. The van der Waals surface area contributed by atoms with Gasteiger partial charge in [0.2, 0.25) is 0 Å². The highest BCUT2D eigenvalue weighted by Gasteiger charge is 2.43. The summed E-state index contributed by atoms with van der Waals surface area (Å²) in [6.45, 7) is 0. The molecule has 0 aliphatic carbocycles. The maximum absolute atomic E-state index is 11.1. The molecule has 2 aliphatic rings. The van der Waals surface area contributed by atoms with E-state index in [4.69, 9.17) is 4.74 Å². The molecule has 0 amide bonds. The molecular formula is C8H14ClNO2. The van der Waals surface area contributed by atoms with Crippen LogP contribution in [0.25, 0.3) is 0 Å². The number of hydrogen-bond donors (Lipinski definition) is 1. The molecule has 0 aromatic carbocycles. The molecule has 0 aromatic heterocycles. The van der Waals surface area contributed by atoms with Crippen LogP contribution in [0.1, 0.15) is 19.3 Å². The SMILES string of the molecule is COC(=O)[C@H]1C[C@@H]2CC[C@H]1N2.Cl. The fraction of sp³-hybridized carbons (Fsp3) is 0.875. The van der Waals surface area contributed by atoms with E-state index in [-0.39, 0.29) is 24.3 Å². The van der Waals surface area contributed by atoms with Crippen molar-refractivity contribution in [3.8, 4) is 0 Å². The standard InChI is InChI=1S/C8H13NO2.ClH/c1-11-8(10)6-4-5-2-3-7(6)9-5;/h5-7,9H,2-4H2,1H3;1H/t5-,6-,7+;/m0./s1. The average molecular weight is 192 g/mol. The molecule has 0 spiro atoms. The van der Waals surface area contributed by atoms with Crippen molar-refractivity contribution < 1.29 is 9.53 Å². The molecule has 3 atom stereocenters. The molecule has 12 heavy (non-hydrogen) atoms. The minimum Gasteiger partial charge on any atom is -0.469 e. The van der Waals surface area contributed by atoms with E-state index in [1.165, 1.54) is 13.5 Å². The van der Waals surface area contributed by atoms with Gasteiger partial charge in [0.1, 0.15) is 0 Å². The minimum absolute atomic E-state index is 0. The Hall–Kier alpha value is -0.280. The van der Waals surface area contributed by atoms with Gasteiger partial charge in [-0.2, -0.15) is 0 Å². The third-order valence-corrected chi connectivity index (χ3v) is 2.80. The Balaban J connectivity index is 0.000000720. The molecule has 2 heterocycles. The smallest absolute Gasteiger partial charge is 0.310 e. The topological polar surface area (TPSA) is 38.3 Å². The fourth-order valence-electron chi connectivity index (χ4n) is 2.24. The Morgan fingerprint density at radius 1 is 1.50 bits per heavy atom. The number of esters is 1. The van der Waals surface area contributed by atoms with E-state index in [0.29, 0.717) is 12.1 Å². The first-order chi connectivity index (χ1) is 5.31. The predicted molar refractivity (Wildman–Crippen MR) is 47.3 cm³/mol. The lowest BCUT2D eigenvalue weighted by Crippen LogP contribution is -2.29. The Kier molecular flexibility index (Phi) is 2.96. The van der Waals surface area contributed by atoms with Crippen molar-refractivity contribution in [3.63, 3.8) is 0 Å². The molecule has 0 unspecified atom stereocenters. The largest absolute Gasteiger partial charge is 0.469 e.